The van der Waals surface area contributed by atoms with Gasteiger partial charge in [0.05, 0.1) is 17.9 Å². The van der Waals surface area contributed by atoms with Gasteiger partial charge in [0, 0.05) is 17.1 Å². The van der Waals surface area contributed by atoms with Crippen molar-refractivity contribution in [3.8, 4) is 0 Å². The van der Waals surface area contributed by atoms with Gasteiger partial charge in [-0.25, -0.2) is 4.79 Å². The molecule has 2 N–H and O–H groups in total. The van der Waals surface area contributed by atoms with Crippen LogP contribution >= 0.6 is 11.8 Å². The third-order valence-corrected chi connectivity index (χ3v) is 4.34. The van der Waals surface area contributed by atoms with Gasteiger partial charge in [0.2, 0.25) is 5.91 Å². The molecule has 1 aromatic heterocycles. The van der Waals surface area contributed by atoms with Crippen LogP contribution < -0.4 is 5.32 Å². The van der Waals surface area contributed by atoms with E-state index in [0.717, 1.165) is 28.2 Å². The maximum Gasteiger partial charge on any atom is 0.337 e. The molecule has 6 nitrogen and oxygen atoms in total. The number of benzene rings is 1. The summed E-state index contributed by atoms with van der Waals surface area (Å²) in [6, 6.07) is 5.20. The van der Waals surface area contributed by atoms with Crippen LogP contribution in [-0.4, -0.2) is 34.5 Å². The molecule has 1 saturated heterocycles. The van der Waals surface area contributed by atoms with E-state index >= 15 is 0 Å². The Morgan fingerprint density at radius 1 is 1.38 bits per heavy atom. The number of aromatic amines is 1. The fourth-order valence-electron chi connectivity index (χ4n) is 2.33. The Balaban J connectivity index is 1.89. The van der Waals surface area contributed by atoms with Crippen LogP contribution in [0.5, 0.6) is 0 Å². The highest BCUT2D eigenvalue weighted by Gasteiger charge is 2.32. The summed E-state index contributed by atoms with van der Waals surface area (Å²) in [6.07, 6.45) is 2.25. The van der Waals surface area contributed by atoms with Crippen LogP contribution in [0.3, 0.4) is 0 Å². The molecule has 21 heavy (non-hydrogen) atoms. The molecule has 0 spiro atoms. The van der Waals surface area contributed by atoms with Gasteiger partial charge in [-0.15, -0.1) is 0 Å². The van der Waals surface area contributed by atoms with Crippen molar-refractivity contribution in [1.82, 2.24) is 10.3 Å². The maximum absolute atomic E-state index is 11.6. The molecule has 1 atom stereocenters. The molecule has 1 fully saturated rings. The van der Waals surface area contributed by atoms with E-state index in [4.69, 9.17) is 0 Å². The number of thioether (sulfide) groups is 1. The number of hydrogen-bond acceptors (Lipinski definition) is 5. The monoisotopic (exact) mass is 304 g/mol. The van der Waals surface area contributed by atoms with Crippen molar-refractivity contribution in [1.29, 1.82) is 0 Å². The van der Waals surface area contributed by atoms with Crippen molar-refractivity contribution >= 4 is 39.8 Å². The second kappa shape index (κ2) is 5.25. The normalized spacial score (nSPS) is 18.0. The van der Waals surface area contributed by atoms with Gasteiger partial charge >= 0.3 is 5.97 Å². The van der Waals surface area contributed by atoms with E-state index in [0.29, 0.717) is 12.0 Å². The maximum atomic E-state index is 11.6. The number of aromatic nitrogens is 1. The van der Waals surface area contributed by atoms with Crippen LogP contribution in [-0.2, 0) is 16.0 Å². The van der Waals surface area contributed by atoms with Crippen molar-refractivity contribution in [3.05, 3.63) is 35.5 Å². The van der Waals surface area contributed by atoms with Crippen LogP contribution in [0, 0.1) is 0 Å². The molecule has 1 aliphatic heterocycles. The number of amides is 2. The first kappa shape index (κ1) is 13.7. The first-order valence-electron chi connectivity index (χ1n) is 6.28. The fraction of sp³-hybridized carbons (Fsp3) is 0.214. The average Bonchev–Trinajstić information content (AvgIpc) is 3.01. The van der Waals surface area contributed by atoms with Gasteiger partial charge < -0.3 is 9.72 Å². The molecule has 0 radical (unpaired) electrons. The summed E-state index contributed by atoms with van der Waals surface area (Å²) in [5.41, 5.74) is 2.19. The zero-order chi connectivity index (χ0) is 15.0. The van der Waals surface area contributed by atoms with E-state index in [-0.39, 0.29) is 11.1 Å². The van der Waals surface area contributed by atoms with Crippen molar-refractivity contribution in [2.75, 3.05) is 7.11 Å². The molecule has 2 heterocycles. The third-order valence-electron chi connectivity index (χ3n) is 3.36. The number of esters is 1. The molecule has 1 unspecified atom stereocenters. The topological polar surface area (TPSA) is 88.3 Å². The molecule has 1 aliphatic rings. The minimum absolute atomic E-state index is 0.259. The van der Waals surface area contributed by atoms with Gasteiger partial charge in [0.25, 0.3) is 5.24 Å². The fourth-order valence-corrected chi connectivity index (χ4v) is 3.17. The Morgan fingerprint density at radius 3 is 2.86 bits per heavy atom. The van der Waals surface area contributed by atoms with Gasteiger partial charge in [-0.1, -0.05) is 17.8 Å². The van der Waals surface area contributed by atoms with E-state index in [1.54, 1.807) is 18.3 Å². The molecule has 0 aliphatic carbocycles. The second-order valence-electron chi connectivity index (χ2n) is 4.65. The van der Waals surface area contributed by atoms with Gasteiger partial charge in [-0.05, 0) is 24.1 Å². The lowest BCUT2D eigenvalue weighted by atomic mass is 10.1. The second-order valence-corrected chi connectivity index (χ2v) is 5.83. The number of imide groups is 1. The minimum atomic E-state index is -0.406. The number of hydrogen-bond donors (Lipinski definition) is 2. The van der Waals surface area contributed by atoms with Crippen LogP contribution in [0.1, 0.15) is 15.9 Å². The average molecular weight is 304 g/mol. The number of ether oxygens (including phenoxy) is 1. The number of H-pyrrole nitrogens is 1. The lowest BCUT2D eigenvalue weighted by Gasteiger charge is -2.04. The van der Waals surface area contributed by atoms with Crippen LogP contribution in [0.4, 0.5) is 4.79 Å². The quantitative estimate of drug-likeness (QED) is 0.845. The van der Waals surface area contributed by atoms with Crippen LogP contribution in [0.2, 0.25) is 0 Å². The summed E-state index contributed by atoms with van der Waals surface area (Å²) in [6.45, 7) is 0. The molecular weight excluding hydrogens is 292 g/mol. The lowest BCUT2D eigenvalue weighted by molar-refractivity contribution is -0.118. The molecule has 0 bridgehead atoms. The van der Waals surface area contributed by atoms with Gasteiger partial charge in [-0.3, -0.25) is 14.9 Å². The zero-order valence-electron chi connectivity index (χ0n) is 11.1. The summed E-state index contributed by atoms with van der Waals surface area (Å²) in [5.74, 6) is -0.657. The van der Waals surface area contributed by atoms with Crippen molar-refractivity contribution in [3.63, 3.8) is 0 Å². The number of methoxy groups -OCH3 is 1. The molecule has 1 aromatic carbocycles. The molecule has 2 amide bonds. The number of nitrogens with one attached hydrogen (secondary N) is 2. The van der Waals surface area contributed by atoms with Gasteiger partial charge in [-0.2, -0.15) is 0 Å². The summed E-state index contributed by atoms with van der Waals surface area (Å²) in [4.78, 5) is 37.4. The number of rotatable bonds is 3. The van der Waals surface area contributed by atoms with Crippen molar-refractivity contribution < 1.29 is 19.1 Å². The van der Waals surface area contributed by atoms with E-state index in [2.05, 4.69) is 15.0 Å². The van der Waals surface area contributed by atoms with E-state index in [1.165, 1.54) is 7.11 Å². The first-order valence-corrected chi connectivity index (χ1v) is 7.16. The van der Waals surface area contributed by atoms with Crippen LogP contribution in [0.15, 0.2) is 24.4 Å². The predicted octanol–water partition coefficient (Wildman–Crippen LogP) is 1.85. The number of carbonyl (C=O) groups excluding carboxylic acids is 3. The lowest BCUT2D eigenvalue weighted by Crippen LogP contribution is -2.25. The Labute approximate surface area is 124 Å². The highest BCUT2D eigenvalue weighted by molar-refractivity contribution is 8.15. The van der Waals surface area contributed by atoms with E-state index in [9.17, 15) is 14.4 Å². The summed E-state index contributed by atoms with van der Waals surface area (Å²) in [5, 5.41) is 2.49. The van der Waals surface area contributed by atoms with Gasteiger partial charge in [0.15, 0.2) is 0 Å². The molecular formula is C14H12N2O4S. The van der Waals surface area contributed by atoms with E-state index in [1.807, 2.05) is 6.07 Å². The summed E-state index contributed by atoms with van der Waals surface area (Å²) < 4.78 is 4.68. The molecule has 0 saturated carbocycles. The van der Waals surface area contributed by atoms with Crippen LogP contribution in [0.25, 0.3) is 10.9 Å². The number of fused-ring (bicyclic) bond motifs is 1. The highest BCUT2D eigenvalue weighted by Crippen LogP contribution is 2.27. The summed E-state index contributed by atoms with van der Waals surface area (Å²) >= 11 is 1.00. The third kappa shape index (κ3) is 2.52. The molecule has 7 heteroatoms. The smallest absolute Gasteiger partial charge is 0.337 e. The first-order chi connectivity index (χ1) is 10.1. The standard InChI is InChI=1S/C14H12N2O4S/c1-20-13(18)7-2-3-9-8(6-15-10(9)4-7)5-11-12(17)16-14(19)21-11/h2-4,6,11,15H,5H2,1H3,(H,16,17,19). The van der Waals surface area contributed by atoms with Gasteiger partial charge in [0.1, 0.15) is 0 Å². The summed E-state index contributed by atoms with van der Waals surface area (Å²) in [7, 11) is 1.33. The highest BCUT2D eigenvalue weighted by atomic mass is 32.2. The molecule has 2 aromatic rings. The number of carbonyl (C=O) groups is 3. The van der Waals surface area contributed by atoms with Crippen molar-refractivity contribution in [2.45, 2.75) is 11.7 Å². The Hall–Kier alpha value is -2.28. The SMILES string of the molecule is COC(=O)c1ccc2c(CC3SC(=O)NC3=O)c[nH]c2c1. The van der Waals surface area contributed by atoms with E-state index < -0.39 is 11.2 Å². The predicted molar refractivity (Wildman–Crippen MR) is 78.3 cm³/mol. The molecule has 108 valence electrons. The molecule has 3 rings (SSSR count). The largest absolute Gasteiger partial charge is 0.465 e. The van der Waals surface area contributed by atoms with Crippen molar-refractivity contribution in [2.24, 2.45) is 0 Å². The zero-order valence-corrected chi connectivity index (χ0v) is 12.0. The minimum Gasteiger partial charge on any atom is -0.465 e. The Morgan fingerprint density at radius 2 is 2.19 bits per heavy atom. The Kier molecular flexibility index (Phi) is 3.42. The Bertz CT molecular complexity index is 753.